The molecule has 6 nitrogen and oxygen atoms in total. The third-order valence-electron chi connectivity index (χ3n) is 3.71. The molecule has 0 radical (unpaired) electrons. The number of rotatable bonds is 1. The summed E-state index contributed by atoms with van der Waals surface area (Å²) in [7, 11) is 1.75. The van der Waals surface area contributed by atoms with Gasteiger partial charge in [-0.2, -0.15) is 5.10 Å². The molecule has 0 saturated carbocycles. The maximum absolute atomic E-state index is 12.8. The van der Waals surface area contributed by atoms with Crippen LogP contribution in [-0.4, -0.2) is 33.2 Å². The summed E-state index contributed by atoms with van der Waals surface area (Å²) in [6.07, 6.45) is 3.00. The molecule has 1 aliphatic heterocycles. The van der Waals surface area contributed by atoms with E-state index in [-0.39, 0.29) is 5.91 Å². The lowest BCUT2D eigenvalue weighted by Crippen LogP contribution is -2.33. The lowest BCUT2D eigenvalue weighted by Gasteiger charge is -2.22. The van der Waals surface area contributed by atoms with Crippen molar-refractivity contribution < 1.29 is 10.0 Å². The predicted octanol–water partition coefficient (Wildman–Crippen LogP) is 2.04. The van der Waals surface area contributed by atoms with Crippen molar-refractivity contribution in [3.05, 3.63) is 47.8 Å². The van der Waals surface area contributed by atoms with Gasteiger partial charge in [-0.3, -0.25) is 9.48 Å². The molecule has 3 rings (SSSR count). The van der Waals surface area contributed by atoms with Crippen LogP contribution in [-0.2, 0) is 7.05 Å². The SMILES string of the molecule is Cn1nccc1C(=O)N1CCC/C(=N/O)c2ccccc21. The normalized spacial score (nSPS) is 16.6. The standard InChI is InChI=1S/C15H16N4O2/c1-18-14(8-9-16-18)15(20)19-10-4-6-12(17-21)11-5-2-3-7-13(11)19/h2-3,5,7-9,21H,4,6,10H2,1H3/b17-12-. The van der Waals surface area contributed by atoms with E-state index in [4.69, 9.17) is 0 Å². The summed E-state index contributed by atoms with van der Waals surface area (Å²) in [6.45, 7) is 0.583. The minimum atomic E-state index is -0.0957. The van der Waals surface area contributed by atoms with Crippen molar-refractivity contribution in [2.75, 3.05) is 11.4 Å². The Hall–Kier alpha value is -2.63. The van der Waals surface area contributed by atoms with Crippen LogP contribution >= 0.6 is 0 Å². The molecule has 0 unspecified atom stereocenters. The minimum Gasteiger partial charge on any atom is -0.411 e. The maximum atomic E-state index is 12.8. The molecule has 0 spiro atoms. The molecule has 21 heavy (non-hydrogen) atoms. The van der Waals surface area contributed by atoms with Crippen LogP contribution in [0.25, 0.3) is 0 Å². The molecule has 0 aliphatic carbocycles. The van der Waals surface area contributed by atoms with E-state index in [9.17, 15) is 10.0 Å². The van der Waals surface area contributed by atoms with E-state index < -0.39 is 0 Å². The molecule has 0 fully saturated rings. The molecule has 1 aliphatic rings. The first-order valence-electron chi connectivity index (χ1n) is 6.82. The molecule has 108 valence electrons. The molecule has 0 bridgehead atoms. The van der Waals surface area contributed by atoms with E-state index in [0.29, 0.717) is 24.4 Å². The number of amides is 1. The van der Waals surface area contributed by atoms with Gasteiger partial charge < -0.3 is 10.1 Å². The molecule has 2 aromatic rings. The number of oxime groups is 1. The number of carbonyl (C=O) groups excluding carboxylic acids is 1. The van der Waals surface area contributed by atoms with E-state index in [0.717, 1.165) is 17.7 Å². The summed E-state index contributed by atoms with van der Waals surface area (Å²) in [5.41, 5.74) is 2.72. The van der Waals surface area contributed by atoms with Gasteiger partial charge >= 0.3 is 0 Å². The molecule has 0 atom stereocenters. The monoisotopic (exact) mass is 284 g/mol. The Labute approximate surface area is 122 Å². The van der Waals surface area contributed by atoms with E-state index >= 15 is 0 Å². The average molecular weight is 284 g/mol. The molecule has 1 amide bonds. The molecule has 0 saturated heterocycles. The number of aryl methyl sites for hydroxylation is 1. The summed E-state index contributed by atoms with van der Waals surface area (Å²) in [6, 6.07) is 9.21. The van der Waals surface area contributed by atoms with Crippen LogP contribution in [0.15, 0.2) is 41.7 Å². The van der Waals surface area contributed by atoms with Crippen LogP contribution in [0.2, 0.25) is 0 Å². The fourth-order valence-electron chi connectivity index (χ4n) is 2.65. The first-order valence-corrected chi connectivity index (χ1v) is 6.82. The van der Waals surface area contributed by atoms with Crippen molar-refractivity contribution in [2.45, 2.75) is 12.8 Å². The number of anilines is 1. The second kappa shape index (κ2) is 5.40. The van der Waals surface area contributed by atoms with Crippen LogP contribution in [0.4, 0.5) is 5.69 Å². The Bertz CT molecular complexity index is 705. The second-order valence-electron chi connectivity index (χ2n) is 4.96. The number of benzene rings is 1. The first-order chi connectivity index (χ1) is 10.2. The number of hydrogen-bond acceptors (Lipinski definition) is 4. The molecule has 1 N–H and O–H groups in total. The fraction of sp³-hybridized carbons (Fsp3) is 0.267. The maximum Gasteiger partial charge on any atom is 0.276 e. The highest BCUT2D eigenvalue weighted by Crippen LogP contribution is 2.27. The van der Waals surface area contributed by atoms with Crippen LogP contribution in [0.5, 0.6) is 0 Å². The van der Waals surface area contributed by atoms with Crippen LogP contribution in [0.1, 0.15) is 28.9 Å². The first kappa shape index (κ1) is 13.4. The van der Waals surface area contributed by atoms with Gasteiger partial charge in [0.15, 0.2) is 0 Å². The number of aromatic nitrogens is 2. The molecular weight excluding hydrogens is 268 g/mol. The summed E-state index contributed by atoms with van der Waals surface area (Å²) < 4.78 is 1.57. The summed E-state index contributed by atoms with van der Waals surface area (Å²) in [5.74, 6) is -0.0957. The van der Waals surface area contributed by atoms with Gasteiger partial charge in [0.25, 0.3) is 5.91 Å². The smallest absolute Gasteiger partial charge is 0.276 e. The Morgan fingerprint density at radius 2 is 2.14 bits per heavy atom. The molecule has 1 aromatic heterocycles. The largest absolute Gasteiger partial charge is 0.411 e. The second-order valence-corrected chi connectivity index (χ2v) is 4.96. The average Bonchev–Trinajstić information content (AvgIpc) is 2.84. The van der Waals surface area contributed by atoms with Crippen molar-refractivity contribution >= 4 is 17.3 Å². The topological polar surface area (TPSA) is 70.7 Å². The number of nitrogens with zero attached hydrogens (tertiary/aromatic N) is 4. The number of fused-ring (bicyclic) bond motifs is 1. The van der Waals surface area contributed by atoms with Gasteiger partial charge in [0, 0.05) is 25.4 Å². The highest BCUT2D eigenvalue weighted by Gasteiger charge is 2.26. The number of para-hydroxylation sites is 1. The van der Waals surface area contributed by atoms with Crippen LogP contribution in [0.3, 0.4) is 0 Å². The van der Waals surface area contributed by atoms with Gasteiger partial charge in [-0.1, -0.05) is 23.4 Å². The van der Waals surface area contributed by atoms with Gasteiger partial charge in [0.05, 0.1) is 11.4 Å². The Morgan fingerprint density at radius 1 is 1.33 bits per heavy atom. The van der Waals surface area contributed by atoms with E-state index in [1.54, 1.807) is 28.9 Å². The van der Waals surface area contributed by atoms with Crippen molar-refractivity contribution in [1.29, 1.82) is 0 Å². The highest BCUT2D eigenvalue weighted by atomic mass is 16.4. The van der Waals surface area contributed by atoms with Gasteiger partial charge in [0.1, 0.15) is 5.69 Å². The van der Waals surface area contributed by atoms with Gasteiger partial charge in [-0.05, 0) is 25.0 Å². The van der Waals surface area contributed by atoms with Crippen LogP contribution in [0, 0.1) is 0 Å². The van der Waals surface area contributed by atoms with E-state index in [1.807, 2.05) is 24.3 Å². The van der Waals surface area contributed by atoms with Crippen molar-refractivity contribution in [1.82, 2.24) is 9.78 Å². The molecule has 2 heterocycles. The Balaban J connectivity index is 2.07. The number of carbonyl (C=O) groups is 1. The molecular formula is C15H16N4O2. The zero-order valence-corrected chi connectivity index (χ0v) is 11.7. The lowest BCUT2D eigenvalue weighted by molar-refractivity contribution is 0.0978. The zero-order chi connectivity index (χ0) is 14.8. The third kappa shape index (κ3) is 2.29. The van der Waals surface area contributed by atoms with Gasteiger partial charge in [0.2, 0.25) is 0 Å². The Morgan fingerprint density at radius 3 is 2.86 bits per heavy atom. The summed E-state index contributed by atoms with van der Waals surface area (Å²) in [5, 5.41) is 16.6. The molecule has 1 aromatic carbocycles. The van der Waals surface area contributed by atoms with Gasteiger partial charge in [-0.25, -0.2) is 0 Å². The quantitative estimate of drug-likeness (QED) is 0.643. The molecule has 6 heteroatoms. The van der Waals surface area contributed by atoms with Crippen LogP contribution < -0.4 is 4.90 Å². The predicted molar refractivity (Wildman–Crippen MR) is 78.9 cm³/mol. The summed E-state index contributed by atoms with van der Waals surface area (Å²) in [4.78, 5) is 14.5. The van der Waals surface area contributed by atoms with Crippen molar-refractivity contribution in [3.63, 3.8) is 0 Å². The van der Waals surface area contributed by atoms with Crippen molar-refractivity contribution in [2.24, 2.45) is 12.2 Å². The lowest BCUT2D eigenvalue weighted by atomic mass is 10.1. The minimum absolute atomic E-state index is 0.0957. The van der Waals surface area contributed by atoms with Crippen molar-refractivity contribution in [3.8, 4) is 0 Å². The highest BCUT2D eigenvalue weighted by molar-refractivity contribution is 6.12. The zero-order valence-electron chi connectivity index (χ0n) is 11.7. The third-order valence-corrected chi connectivity index (χ3v) is 3.71. The van der Waals surface area contributed by atoms with E-state index in [2.05, 4.69) is 10.3 Å². The Kier molecular flexibility index (Phi) is 3.43. The van der Waals surface area contributed by atoms with Gasteiger partial charge in [-0.15, -0.1) is 0 Å². The fourth-order valence-corrected chi connectivity index (χ4v) is 2.65. The summed E-state index contributed by atoms with van der Waals surface area (Å²) >= 11 is 0. The van der Waals surface area contributed by atoms with E-state index in [1.165, 1.54) is 0 Å². The number of hydrogen-bond donors (Lipinski definition) is 1.